The van der Waals surface area contributed by atoms with Crippen LogP contribution in [0.15, 0.2) is 52.4 Å². The highest BCUT2D eigenvalue weighted by molar-refractivity contribution is 8.18. The summed E-state index contributed by atoms with van der Waals surface area (Å²) in [4.78, 5) is 20.3. The van der Waals surface area contributed by atoms with Crippen LogP contribution in [0.4, 0.5) is 11.4 Å². The van der Waals surface area contributed by atoms with Crippen molar-refractivity contribution < 1.29 is 4.79 Å². The van der Waals surface area contributed by atoms with E-state index in [9.17, 15) is 4.79 Å². The SMILES string of the molecule is CCN1c2cc(C)c(/C=C3/SC(=Nc4cccc(C)c4)NC3=O)cc2C(C)=CC1(C)C. The van der Waals surface area contributed by atoms with Crippen LogP contribution < -0.4 is 10.2 Å². The summed E-state index contributed by atoms with van der Waals surface area (Å²) in [6.07, 6.45) is 4.31. The first-order valence-electron chi connectivity index (χ1n) is 10.7. The van der Waals surface area contributed by atoms with Gasteiger partial charge in [-0.2, -0.15) is 0 Å². The van der Waals surface area contributed by atoms with Crippen molar-refractivity contribution in [3.63, 3.8) is 0 Å². The van der Waals surface area contributed by atoms with E-state index in [4.69, 9.17) is 0 Å². The van der Waals surface area contributed by atoms with Gasteiger partial charge in [0.15, 0.2) is 5.17 Å². The number of amidine groups is 1. The Balaban J connectivity index is 1.68. The highest BCUT2D eigenvalue weighted by atomic mass is 32.2. The molecular formula is C26H29N3OS. The Bertz CT molecular complexity index is 1160. The van der Waals surface area contributed by atoms with Crippen molar-refractivity contribution in [3.05, 3.63) is 69.6 Å². The third-order valence-electron chi connectivity index (χ3n) is 5.85. The van der Waals surface area contributed by atoms with Crippen molar-refractivity contribution in [2.75, 3.05) is 11.4 Å². The summed E-state index contributed by atoms with van der Waals surface area (Å²) in [6.45, 7) is 14.0. The minimum Gasteiger partial charge on any atom is -0.363 e. The number of anilines is 1. The van der Waals surface area contributed by atoms with Crippen LogP contribution in [0, 0.1) is 13.8 Å². The minimum absolute atomic E-state index is 0.0133. The maximum Gasteiger partial charge on any atom is 0.264 e. The third kappa shape index (κ3) is 4.19. The molecule has 2 aromatic rings. The molecule has 2 heterocycles. The maximum atomic E-state index is 12.6. The van der Waals surface area contributed by atoms with Gasteiger partial charge in [-0.25, -0.2) is 4.99 Å². The molecule has 0 bridgehead atoms. The molecule has 31 heavy (non-hydrogen) atoms. The fraction of sp³-hybridized carbons (Fsp3) is 0.308. The van der Waals surface area contributed by atoms with Gasteiger partial charge in [0, 0.05) is 17.8 Å². The van der Waals surface area contributed by atoms with Gasteiger partial charge in [0.25, 0.3) is 5.91 Å². The number of aryl methyl sites for hydroxylation is 2. The summed E-state index contributed by atoms with van der Waals surface area (Å²) >= 11 is 1.39. The Morgan fingerprint density at radius 1 is 1.16 bits per heavy atom. The van der Waals surface area contributed by atoms with Crippen LogP contribution in [-0.2, 0) is 4.79 Å². The number of amides is 1. The molecule has 160 valence electrons. The van der Waals surface area contributed by atoms with Gasteiger partial charge in [-0.3, -0.25) is 4.79 Å². The normalized spacial score (nSPS) is 20.1. The monoisotopic (exact) mass is 431 g/mol. The number of carbonyl (C=O) groups is 1. The summed E-state index contributed by atoms with van der Waals surface area (Å²) < 4.78 is 0. The average molecular weight is 432 g/mol. The first-order chi connectivity index (χ1) is 14.7. The molecule has 2 aliphatic heterocycles. The molecule has 0 radical (unpaired) electrons. The van der Waals surface area contributed by atoms with Crippen molar-refractivity contribution in [2.24, 2.45) is 4.99 Å². The molecule has 5 heteroatoms. The van der Waals surface area contributed by atoms with Crippen LogP contribution in [0.25, 0.3) is 11.6 Å². The van der Waals surface area contributed by atoms with Gasteiger partial charge >= 0.3 is 0 Å². The number of rotatable bonds is 3. The highest BCUT2D eigenvalue weighted by Gasteiger charge is 2.31. The van der Waals surface area contributed by atoms with E-state index in [1.54, 1.807) is 0 Å². The number of fused-ring (bicyclic) bond motifs is 1. The Hall–Kier alpha value is -2.79. The van der Waals surface area contributed by atoms with Crippen molar-refractivity contribution in [2.45, 2.75) is 47.1 Å². The average Bonchev–Trinajstić information content (AvgIpc) is 3.01. The van der Waals surface area contributed by atoms with Gasteiger partial charge in [-0.05, 0) is 106 Å². The second kappa shape index (κ2) is 8.04. The molecule has 1 amide bonds. The number of nitrogens with one attached hydrogen (secondary N) is 1. The summed E-state index contributed by atoms with van der Waals surface area (Å²) in [7, 11) is 0. The van der Waals surface area contributed by atoms with Gasteiger partial charge in [0.05, 0.1) is 16.1 Å². The van der Waals surface area contributed by atoms with E-state index in [1.807, 2.05) is 37.3 Å². The fourth-order valence-corrected chi connectivity index (χ4v) is 5.25. The summed E-state index contributed by atoms with van der Waals surface area (Å²) in [5.41, 5.74) is 7.97. The molecule has 0 unspecified atom stereocenters. The third-order valence-corrected chi connectivity index (χ3v) is 6.76. The van der Waals surface area contributed by atoms with Crippen LogP contribution in [0.3, 0.4) is 0 Å². The smallest absolute Gasteiger partial charge is 0.264 e. The van der Waals surface area contributed by atoms with Crippen molar-refractivity contribution in [1.82, 2.24) is 5.32 Å². The molecule has 2 aliphatic rings. The largest absolute Gasteiger partial charge is 0.363 e. The number of thioether (sulfide) groups is 1. The van der Waals surface area contributed by atoms with E-state index in [0.29, 0.717) is 10.1 Å². The van der Waals surface area contributed by atoms with Gasteiger partial charge < -0.3 is 10.2 Å². The van der Waals surface area contributed by atoms with Crippen LogP contribution in [0.1, 0.15) is 49.9 Å². The lowest BCUT2D eigenvalue weighted by Gasteiger charge is -2.43. The van der Waals surface area contributed by atoms with Gasteiger partial charge in [0.2, 0.25) is 0 Å². The summed E-state index contributed by atoms with van der Waals surface area (Å²) in [5, 5.41) is 3.51. The predicted octanol–water partition coefficient (Wildman–Crippen LogP) is 6.22. The number of benzene rings is 2. The van der Waals surface area contributed by atoms with E-state index in [0.717, 1.165) is 28.9 Å². The van der Waals surface area contributed by atoms with E-state index in [1.165, 1.54) is 28.6 Å². The maximum absolute atomic E-state index is 12.6. The standard InChI is InChI=1S/C26H29N3OS/c1-7-29-22-12-17(3)19(13-21(22)18(4)15-26(29,5)6)14-23-24(30)28-25(31-23)27-20-10-8-9-16(2)11-20/h8-15H,7H2,1-6H3,(H,27,28,30)/b23-14+. The zero-order chi connectivity index (χ0) is 22.3. The van der Waals surface area contributed by atoms with E-state index in [-0.39, 0.29) is 11.4 Å². The fourth-order valence-electron chi connectivity index (χ4n) is 4.41. The lowest BCUT2D eigenvalue weighted by molar-refractivity contribution is -0.115. The zero-order valence-corrected chi connectivity index (χ0v) is 19.9. The van der Waals surface area contributed by atoms with Gasteiger partial charge in [0.1, 0.15) is 0 Å². The zero-order valence-electron chi connectivity index (χ0n) is 19.0. The van der Waals surface area contributed by atoms with Crippen molar-refractivity contribution in [1.29, 1.82) is 0 Å². The molecule has 2 aromatic carbocycles. The topological polar surface area (TPSA) is 44.7 Å². The molecule has 0 atom stereocenters. The van der Waals surface area contributed by atoms with Crippen LogP contribution in [0.5, 0.6) is 0 Å². The van der Waals surface area contributed by atoms with E-state index < -0.39 is 0 Å². The molecule has 1 N–H and O–H groups in total. The number of hydrogen-bond donors (Lipinski definition) is 1. The number of nitrogens with zero attached hydrogens (tertiary/aromatic N) is 2. The second-order valence-corrected chi connectivity index (χ2v) is 9.80. The van der Waals surface area contributed by atoms with E-state index in [2.05, 4.69) is 68.0 Å². The summed E-state index contributed by atoms with van der Waals surface area (Å²) in [5.74, 6) is -0.0999. The van der Waals surface area contributed by atoms with Crippen LogP contribution in [0.2, 0.25) is 0 Å². The number of aliphatic imine (C=N–C) groups is 1. The Labute approximate surface area is 189 Å². The van der Waals surface area contributed by atoms with Crippen LogP contribution >= 0.6 is 11.8 Å². The molecule has 4 nitrogen and oxygen atoms in total. The van der Waals surface area contributed by atoms with Gasteiger partial charge in [-0.15, -0.1) is 0 Å². The van der Waals surface area contributed by atoms with Gasteiger partial charge in [-0.1, -0.05) is 18.2 Å². The van der Waals surface area contributed by atoms with Crippen molar-refractivity contribution in [3.8, 4) is 0 Å². The molecular weight excluding hydrogens is 402 g/mol. The molecule has 0 spiro atoms. The first kappa shape index (κ1) is 21.4. The number of hydrogen-bond acceptors (Lipinski definition) is 4. The Kier molecular flexibility index (Phi) is 5.56. The molecule has 0 aliphatic carbocycles. The predicted molar refractivity (Wildman–Crippen MR) is 134 cm³/mol. The molecule has 0 saturated carbocycles. The molecule has 0 aromatic heterocycles. The Morgan fingerprint density at radius 3 is 2.65 bits per heavy atom. The highest BCUT2D eigenvalue weighted by Crippen LogP contribution is 2.41. The number of carbonyl (C=O) groups excluding carboxylic acids is 1. The quantitative estimate of drug-likeness (QED) is 0.587. The molecule has 1 saturated heterocycles. The second-order valence-electron chi connectivity index (χ2n) is 8.77. The summed E-state index contributed by atoms with van der Waals surface area (Å²) in [6, 6.07) is 12.4. The van der Waals surface area contributed by atoms with E-state index >= 15 is 0 Å². The molecule has 4 rings (SSSR count). The molecule has 1 fully saturated rings. The van der Waals surface area contributed by atoms with Crippen LogP contribution in [-0.4, -0.2) is 23.2 Å². The lowest BCUT2D eigenvalue weighted by atomic mass is 9.87. The minimum atomic E-state index is -0.0999. The first-order valence-corrected chi connectivity index (χ1v) is 11.5. The number of allylic oxidation sites excluding steroid dienone is 1. The Morgan fingerprint density at radius 2 is 1.94 bits per heavy atom. The number of likely N-dealkylation sites (N-methyl/N-ethyl adjacent to an activating group) is 1. The lowest BCUT2D eigenvalue weighted by Crippen LogP contribution is -2.44. The van der Waals surface area contributed by atoms with Crippen molar-refractivity contribution >= 4 is 45.9 Å².